The largest absolute Gasteiger partial charge is 0.417 e. The summed E-state index contributed by atoms with van der Waals surface area (Å²) < 4.78 is 42.3. The summed E-state index contributed by atoms with van der Waals surface area (Å²) in [5.74, 6) is 0.872. The Kier molecular flexibility index (Phi) is 4.06. The number of nitrogens with zero attached hydrogens (tertiary/aromatic N) is 1. The van der Waals surface area contributed by atoms with Gasteiger partial charge in [0, 0.05) is 19.3 Å². The maximum Gasteiger partial charge on any atom is 0.417 e. The van der Waals surface area contributed by atoms with Crippen molar-refractivity contribution in [3.8, 4) is 0 Å². The van der Waals surface area contributed by atoms with Crippen LogP contribution in [0.25, 0.3) is 0 Å². The molecule has 2 heterocycles. The average Bonchev–Trinajstić information content (AvgIpc) is 2.37. The van der Waals surface area contributed by atoms with Gasteiger partial charge in [0.2, 0.25) is 0 Å². The van der Waals surface area contributed by atoms with Gasteiger partial charge >= 0.3 is 6.18 Å². The van der Waals surface area contributed by atoms with Gasteiger partial charge in [-0.1, -0.05) is 0 Å². The molecule has 0 spiro atoms. The second kappa shape index (κ2) is 5.56. The highest BCUT2D eigenvalue weighted by molar-refractivity contribution is 5.36. The Morgan fingerprint density at radius 2 is 2.22 bits per heavy atom. The van der Waals surface area contributed by atoms with Crippen molar-refractivity contribution in [3.63, 3.8) is 0 Å². The Hall–Kier alpha value is -1.30. The van der Waals surface area contributed by atoms with E-state index in [-0.39, 0.29) is 0 Å². The van der Waals surface area contributed by atoms with Crippen molar-refractivity contribution < 1.29 is 17.9 Å². The molecule has 0 amide bonds. The van der Waals surface area contributed by atoms with E-state index in [0.29, 0.717) is 24.9 Å². The summed E-state index contributed by atoms with van der Waals surface area (Å²) in [5.41, 5.74) is -0.728. The van der Waals surface area contributed by atoms with Gasteiger partial charge < -0.3 is 10.1 Å². The highest BCUT2D eigenvalue weighted by atomic mass is 19.4. The Balaban J connectivity index is 1.86. The highest BCUT2D eigenvalue weighted by Crippen LogP contribution is 2.28. The summed E-state index contributed by atoms with van der Waals surface area (Å²) in [6.45, 7) is 2.18. The van der Waals surface area contributed by atoms with Crippen molar-refractivity contribution in [1.29, 1.82) is 0 Å². The van der Waals surface area contributed by atoms with Crippen LogP contribution in [0.3, 0.4) is 0 Å². The summed E-state index contributed by atoms with van der Waals surface area (Å²) in [6, 6.07) is 2.39. The zero-order valence-corrected chi connectivity index (χ0v) is 9.83. The van der Waals surface area contributed by atoms with Crippen LogP contribution in [0.2, 0.25) is 0 Å². The predicted octanol–water partition coefficient (Wildman–Crippen LogP) is 2.94. The molecule has 18 heavy (non-hydrogen) atoms. The minimum atomic E-state index is -4.33. The zero-order valence-electron chi connectivity index (χ0n) is 9.83. The molecule has 1 aliphatic heterocycles. The third-order valence-electron chi connectivity index (χ3n) is 2.92. The van der Waals surface area contributed by atoms with Crippen molar-refractivity contribution >= 4 is 5.82 Å². The van der Waals surface area contributed by atoms with Crippen LogP contribution < -0.4 is 5.32 Å². The van der Waals surface area contributed by atoms with Gasteiger partial charge in [0.25, 0.3) is 0 Å². The fourth-order valence-corrected chi connectivity index (χ4v) is 1.88. The Morgan fingerprint density at radius 1 is 1.39 bits per heavy atom. The van der Waals surface area contributed by atoms with Crippen molar-refractivity contribution in [2.24, 2.45) is 5.92 Å². The number of hydrogen-bond acceptors (Lipinski definition) is 3. The summed E-state index contributed by atoms with van der Waals surface area (Å²) >= 11 is 0. The molecule has 2 rings (SSSR count). The smallest absolute Gasteiger partial charge is 0.381 e. The van der Waals surface area contributed by atoms with E-state index in [1.165, 1.54) is 6.07 Å². The van der Waals surface area contributed by atoms with Gasteiger partial charge in [0.1, 0.15) is 5.82 Å². The topological polar surface area (TPSA) is 34.1 Å². The number of ether oxygens (including phenoxy) is 1. The summed E-state index contributed by atoms with van der Waals surface area (Å²) in [7, 11) is 0. The van der Waals surface area contributed by atoms with Crippen molar-refractivity contribution in [3.05, 3.63) is 23.9 Å². The molecule has 1 N–H and O–H groups in total. The molecule has 0 bridgehead atoms. The van der Waals surface area contributed by atoms with E-state index in [0.717, 1.165) is 31.7 Å². The molecule has 1 saturated heterocycles. The van der Waals surface area contributed by atoms with E-state index in [9.17, 15) is 13.2 Å². The Labute approximate surface area is 103 Å². The highest BCUT2D eigenvalue weighted by Gasteiger charge is 2.30. The van der Waals surface area contributed by atoms with Gasteiger partial charge in [-0.25, -0.2) is 4.98 Å². The number of aromatic nitrogens is 1. The molecular formula is C12H15F3N2O. The number of alkyl halides is 3. The summed E-state index contributed by atoms with van der Waals surface area (Å²) in [6.07, 6.45) is -1.37. The van der Waals surface area contributed by atoms with E-state index in [2.05, 4.69) is 10.3 Å². The van der Waals surface area contributed by atoms with Gasteiger partial charge in [-0.05, 0) is 30.9 Å². The Morgan fingerprint density at radius 3 is 2.78 bits per heavy atom. The lowest BCUT2D eigenvalue weighted by Gasteiger charge is -2.22. The first-order chi connectivity index (χ1) is 8.55. The van der Waals surface area contributed by atoms with Crippen LogP contribution in [0.4, 0.5) is 19.0 Å². The third kappa shape index (κ3) is 3.60. The van der Waals surface area contributed by atoms with E-state index >= 15 is 0 Å². The molecule has 6 heteroatoms. The minimum Gasteiger partial charge on any atom is -0.381 e. The zero-order chi connectivity index (χ0) is 13.0. The number of pyridine rings is 1. The first kappa shape index (κ1) is 13.1. The van der Waals surface area contributed by atoms with Crippen molar-refractivity contribution in [2.75, 3.05) is 25.1 Å². The van der Waals surface area contributed by atoms with Crippen LogP contribution in [-0.4, -0.2) is 24.7 Å². The number of anilines is 1. The predicted molar refractivity (Wildman–Crippen MR) is 61.3 cm³/mol. The number of hydrogen-bond donors (Lipinski definition) is 1. The lowest BCUT2D eigenvalue weighted by Crippen LogP contribution is -2.24. The maximum atomic E-state index is 12.3. The molecule has 1 fully saturated rings. The summed E-state index contributed by atoms with van der Waals surface area (Å²) in [5, 5.41) is 3.03. The van der Waals surface area contributed by atoms with Crippen molar-refractivity contribution in [1.82, 2.24) is 4.98 Å². The lowest BCUT2D eigenvalue weighted by atomic mass is 10.0. The van der Waals surface area contributed by atoms with E-state index in [4.69, 9.17) is 4.74 Å². The molecule has 1 atom stereocenters. The van der Waals surface area contributed by atoms with E-state index in [1.807, 2.05) is 0 Å². The van der Waals surface area contributed by atoms with Gasteiger partial charge in [-0.2, -0.15) is 13.2 Å². The quantitative estimate of drug-likeness (QED) is 0.907. The molecule has 1 aliphatic rings. The molecule has 0 aromatic carbocycles. The van der Waals surface area contributed by atoms with Crippen LogP contribution in [0.5, 0.6) is 0 Å². The lowest BCUT2D eigenvalue weighted by molar-refractivity contribution is -0.137. The normalized spacial score (nSPS) is 20.7. The number of rotatable bonds is 3. The van der Waals surface area contributed by atoms with Gasteiger partial charge in [0.05, 0.1) is 12.2 Å². The summed E-state index contributed by atoms with van der Waals surface area (Å²) in [4.78, 5) is 3.76. The van der Waals surface area contributed by atoms with E-state index in [1.54, 1.807) is 0 Å². The molecule has 0 aliphatic carbocycles. The number of nitrogens with one attached hydrogen (secondary N) is 1. The fourth-order valence-electron chi connectivity index (χ4n) is 1.88. The second-order valence-corrected chi connectivity index (χ2v) is 4.39. The van der Waals surface area contributed by atoms with Crippen LogP contribution in [0.15, 0.2) is 18.3 Å². The van der Waals surface area contributed by atoms with Gasteiger partial charge in [0.15, 0.2) is 0 Å². The monoisotopic (exact) mass is 260 g/mol. The Bertz CT molecular complexity index is 372. The molecule has 3 nitrogen and oxygen atoms in total. The van der Waals surface area contributed by atoms with Crippen LogP contribution in [0, 0.1) is 5.92 Å². The SMILES string of the molecule is FC(F)(F)c1ccc(NCC2CCCOC2)nc1. The van der Waals surface area contributed by atoms with Crippen LogP contribution in [0.1, 0.15) is 18.4 Å². The maximum absolute atomic E-state index is 12.3. The molecule has 1 aromatic heterocycles. The third-order valence-corrected chi connectivity index (χ3v) is 2.92. The molecule has 1 unspecified atom stereocenters. The molecule has 0 saturated carbocycles. The molecule has 100 valence electrons. The molecule has 1 aromatic rings. The molecular weight excluding hydrogens is 245 g/mol. The average molecular weight is 260 g/mol. The standard InChI is InChI=1S/C12H15F3N2O/c13-12(14,15)10-3-4-11(17-7-10)16-6-9-2-1-5-18-8-9/h3-4,7,9H,1-2,5-6,8H2,(H,16,17). The van der Waals surface area contributed by atoms with E-state index < -0.39 is 11.7 Å². The first-order valence-corrected chi connectivity index (χ1v) is 5.90. The minimum absolute atomic E-state index is 0.405. The number of halogens is 3. The van der Waals surface area contributed by atoms with Crippen LogP contribution >= 0.6 is 0 Å². The van der Waals surface area contributed by atoms with Crippen LogP contribution in [-0.2, 0) is 10.9 Å². The van der Waals surface area contributed by atoms with Gasteiger partial charge in [-0.15, -0.1) is 0 Å². The van der Waals surface area contributed by atoms with Gasteiger partial charge in [-0.3, -0.25) is 0 Å². The fraction of sp³-hybridized carbons (Fsp3) is 0.583. The van der Waals surface area contributed by atoms with Crippen molar-refractivity contribution in [2.45, 2.75) is 19.0 Å². The first-order valence-electron chi connectivity index (χ1n) is 5.90. The molecule has 0 radical (unpaired) electrons. The second-order valence-electron chi connectivity index (χ2n) is 4.39.